The van der Waals surface area contributed by atoms with Crippen LogP contribution in [0.15, 0.2) is 47.3 Å². The van der Waals surface area contributed by atoms with Crippen molar-refractivity contribution in [1.82, 2.24) is 9.97 Å². The molecule has 5 nitrogen and oxygen atoms in total. The average Bonchev–Trinajstić information content (AvgIpc) is 2.70. The molecule has 1 heterocycles. The number of aromatic amines is 1. The van der Waals surface area contributed by atoms with Crippen molar-refractivity contribution in [3.63, 3.8) is 0 Å². The van der Waals surface area contributed by atoms with Gasteiger partial charge in [-0.3, -0.25) is 4.79 Å². The van der Waals surface area contributed by atoms with Gasteiger partial charge in [0.15, 0.2) is 17.3 Å². The van der Waals surface area contributed by atoms with Crippen molar-refractivity contribution < 1.29 is 9.47 Å². The zero-order valence-electron chi connectivity index (χ0n) is 16.0. The van der Waals surface area contributed by atoms with Gasteiger partial charge >= 0.3 is 0 Å². The lowest BCUT2D eigenvalue weighted by Gasteiger charge is -2.12. The van der Waals surface area contributed by atoms with Crippen LogP contribution in [0.25, 0.3) is 22.0 Å². The molecule has 146 valence electrons. The number of unbranched alkanes of at least 4 members (excludes halogenated alkanes) is 1. The number of ether oxygens (including phenoxy) is 2. The van der Waals surface area contributed by atoms with Crippen molar-refractivity contribution in [3.05, 3.63) is 64.2 Å². The molecule has 3 aromatic rings. The molecule has 0 amide bonds. The number of hydrogen-bond acceptors (Lipinski definition) is 4. The Hall–Kier alpha value is -2.79. The van der Waals surface area contributed by atoms with Crippen LogP contribution < -0.4 is 15.0 Å². The number of para-hydroxylation sites is 1. The van der Waals surface area contributed by atoms with E-state index in [2.05, 4.69) is 16.9 Å². The molecule has 2 aromatic carbocycles. The van der Waals surface area contributed by atoms with Crippen LogP contribution in [0, 0.1) is 0 Å². The molecule has 28 heavy (non-hydrogen) atoms. The summed E-state index contributed by atoms with van der Waals surface area (Å²) >= 11 is 6.44. The highest BCUT2D eigenvalue weighted by Crippen LogP contribution is 2.30. The monoisotopic (exact) mass is 398 g/mol. The number of halogens is 1. The van der Waals surface area contributed by atoms with E-state index < -0.39 is 0 Å². The largest absolute Gasteiger partial charge is 0.490 e. The average molecular weight is 399 g/mol. The van der Waals surface area contributed by atoms with E-state index in [0.29, 0.717) is 46.5 Å². The lowest BCUT2D eigenvalue weighted by atomic mass is 10.1. The first-order valence-corrected chi connectivity index (χ1v) is 9.76. The highest BCUT2D eigenvalue weighted by Gasteiger charge is 2.09. The molecule has 0 fully saturated rings. The summed E-state index contributed by atoms with van der Waals surface area (Å²) in [6.45, 7) is 5.22. The summed E-state index contributed by atoms with van der Waals surface area (Å²) in [5, 5.41) is 0.868. The summed E-state index contributed by atoms with van der Waals surface area (Å²) in [5.41, 5.74) is 1.21. The molecular weight excluding hydrogens is 376 g/mol. The van der Waals surface area contributed by atoms with Gasteiger partial charge in [-0.15, -0.1) is 0 Å². The molecule has 1 aromatic heterocycles. The molecule has 1 N–H and O–H groups in total. The molecule has 0 bridgehead atoms. The van der Waals surface area contributed by atoms with Gasteiger partial charge in [0.2, 0.25) is 0 Å². The summed E-state index contributed by atoms with van der Waals surface area (Å²) in [4.78, 5) is 19.4. The van der Waals surface area contributed by atoms with Gasteiger partial charge in [-0.2, -0.15) is 0 Å². The minimum Gasteiger partial charge on any atom is -0.490 e. The fourth-order valence-electron chi connectivity index (χ4n) is 2.74. The van der Waals surface area contributed by atoms with Crippen molar-refractivity contribution in [3.8, 4) is 11.5 Å². The molecule has 0 aliphatic carbocycles. The third-order valence-corrected chi connectivity index (χ3v) is 4.44. The molecule has 6 heteroatoms. The van der Waals surface area contributed by atoms with E-state index in [-0.39, 0.29) is 5.56 Å². The first-order valence-electron chi connectivity index (χ1n) is 9.38. The predicted molar refractivity (Wildman–Crippen MR) is 114 cm³/mol. The van der Waals surface area contributed by atoms with Gasteiger partial charge in [0, 0.05) is 0 Å². The molecule has 0 unspecified atom stereocenters. The van der Waals surface area contributed by atoms with E-state index >= 15 is 0 Å². The van der Waals surface area contributed by atoms with E-state index in [1.54, 1.807) is 24.3 Å². The van der Waals surface area contributed by atoms with Crippen LogP contribution in [0.5, 0.6) is 11.5 Å². The summed E-state index contributed by atoms with van der Waals surface area (Å²) in [7, 11) is 0. The molecule has 0 saturated heterocycles. The maximum atomic E-state index is 12.2. The van der Waals surface area contributed by atoms with Crippen LogP contribution in [0.4, 0.5) is 0 Å². The standard InChI is InChI=1S/C22H23ClN2O3/c1-3-5-12-28-19-11-10-15(14-20(19)27-4-2)13-17(23)21-24-18-9-7-6-8-16(18)22(26)25-21/h6-11,13-14H,3-5,12H2,1-2H3,(H,24,25,26)/b17-13-. The Kier molecular flexibility index (Phi) is 6.71. The second-order valence-corrected chi connectivity index (χ2v) is 6.67. The highest BCUT2D eigenvalue weighted by molar-refractivity contribution is 6.50. The van der Waals surface area contributed by atoms with Crippen LogP contribution in [-0.4, -0.2) is 23.2 Å². The van der Waals surface area contributed by atoms with Crippen LogP contribution in [0.3, 0.4) is 0 Å². The lowest BCUT2D eigenvalue weighted by molar-refractivity contribution is 0.272. The van der Waals surface area contributed by atoms with Crippen LogP contribution in [0.1, 0.15) is 38.1 Å². The van der Waals surface area contributed by atoms with Gasteiger partial charge in [-0.05, 0) is 49.2 Å². The van der Waals surface area contributed by atoms with Crippen LogP contribution in [0.2, 0.25) is 0 Å². The van der Waals surface area contributed by atoms with Gasteiger partial charge in [0.1, 0.15) is 0 Å². The van der Waals surface area contributed by atoms with Crippen LogP contribution >= 0.6 is 11.6 Å². The molecule has 3 rings (SSSR count). The Morgan fingerprint density at radius 3 is 2.75 bits per heavy atom. The second kappa shape index (κ2) is 9.42. The number of rotatable bonds is 8. The molecule has 0 aliphatic heterocycles. The normalized spacial score (nSPS) is 11.6. The Morgan fingerprint density at radius 1 is 1.14 bits per heavy atom. The van der Waals surface area contributed by atoms with Gasteiger partial charge in [-0.1, -0.05) is 43.1 Å². The van der Waals surface area contributed by atoms with E-state index in [0.717, 1.165) is 18.4 Å². The fourth-order valence-corrected chi connectivity index (χ4v) is 2.96. The molecule has 0 atom stereocenters. The number of nitrogens with zero attached hydrogens (tertiary/aromatic N) is 1. The van der Waals surface area contributed by atoms with E-state index in [9.17, 15) is 4.79 Å². The summed E-state index contributed by atoms with van der Waals surface area (Å²) in [6.07, 6.45) is 3.80. The number of aromatic nitrogens is 2. The molecule has 0 saturated carbocycles. The minimum atomic E-state index is -0.221. The number of nitrogens with one attached hydrogen (secondary N) is 1. The Bertz CT molecular complexity index is 1040. The second-order valence-electron chi connectivity index (χ2n) is 6.27. The number of benzene rings is 2. The third-order valence-electron chi connectivity index (χ3n) is 4.16. The van der Waals surface area contributed by atoms with Crippen molar-refractivity contribution in [1.29, 1.82) is 0 Å². The van der Waals surface area contributed by atoms with E-state index in [1.807, 2.05) is 31.2 Å². The highest BCUT2D eigenvalue weighted by atomic mass is 35.5. The van der Waals surface area contributed by atoms with Crippen molar-refractivity contribution in [2.24, 2.45) is 0 Å². The molecule has 0 aliphatic rings. The van der Waals surface area contributed by atoms with Crippen molar-refractivity contribution in [2.75, 3.05) is 13.2 Å². The zero-order valence-corrected chi connectivity index (χ0v) is 16.8. The first kappa shape index (κ1) is 20.0. The maximum absolute atomic E-state index is 12.2. The molecular formula is C22H23ClN2O3. The number of hydrogen-bond donors (Lipinski definition) is 1. The van der Waals surface area contributed by atoms with E-state index in [4.69, 9.17) is 21.1 Å². The summed E-state index contributed by atoms with van der Waals surface area (Å²) in [5.74, 6) is 1.70. The minimum absolute atomic E-state index is 0.221. The molecule has 0 radical (unpaired) electrons. The third kappa shape index (κ3) is 4.73. The Labute approximate surface area is 169 Å². The number of H-pyrrole nitrogens is 1. The summed E-state index contributed by atoms with van der Waals surface area (Å²) < 4.78 is 11.5. The van der Waals surface area contributed by atoms with Gasteiger partial charge in [0.05, 0.1) is 29.1 Å². The Balaban J connectivity index is 1.91. The predicted octanol–water partition coefficient (Wildman–Crippen LogP) is 5.24. The Morgan fingerprint density at radius 2 is 1.96 bits per heavy atom. The summed E-state index contributed by atoms with van der Waals surface area (Å²) in [6, 6.07) is 12.8. The first-order chi connectivity index (χ1) is 13.6. The van der Waals surface area contributed by atoms with E-state index in [1.165, 1.54) is 0 Å². The van der Waals surface area contributed by atoms with Crippen molar-refractivity contribution >= 4 is 33.6 Å². The van der Waals surface area contributed by atoms with Gasteiger partial charge in [-0.25, -0.2) is 4.98 Å². The lowest BCUT2D eigenvalue weighted by Crippen LogP contribution is -2.10. The number of fused-ring (bicyclic) bond motifs is 1. The molecule has 0 spiro atoms. The smallest absolute Gasteiger partial charge is 0.259 e. The maximum Gasteiger partial charge on any atom is 0.259 e. The zero-order chi connectivity index (χ0) is 19.9. The topological polar surface area (TPSA) is 64.2 Å². The van der Waals surface area contributed by atoms with Crippen LogP contribution in [-0.2, 0) is 0 Å². The van der Waals surface area contributed by atoms with Crippen molar-refractivity contribution in [2.45, 2.75) is 26.7 Å². The van der Waals surface area contributed by atoms with Gasteiger partial charge < -0.3 is 14.5 Å². The quantitative estimate of drug-likeness (QED) is 0.527. The SMILES string of the molecule is CCCCOc1ccc(/C=C(\Cl)c2nc3ccccc3c(=O)[nH]2)cc1OCC. The van der Waals surface area contributed by atoms with Gasteiger partial charge in [0.25, 0.3) is 5.56 Å². The fraction of sp³-hybridized carbons (Fsp3) is 0.273.